The van der Waals surface area contributed by atoms with Gasteiger partial charge in [0.15, 0.2) is 0 Å². The first-order valence-electron chi connectivity index (χ1n) is 11.2. The fraction of sp³-hybridized carbons (Fsp3) is 0.625. The summed E-state index contributed by atoms with van der Waals surface area (Å²) in [5, 5.41) is 0. The quantitative estimate of drug-likeness (QED) is 0.727. The van der Waals surface area contributed by atoms with Crippen molar-refractivity contribution in [1.29, 1.82) is 0 Å². The van der Waals surface area contributed by atoms with Crippen molar-refractivity contribution in [1.82, 2.24) is 19.6 Å². The third-order valence-electron chi connectivity index (χ3n) is 7.80. The molecule has 3 fully saturated rings. The summed E-state index contributed by atoms with van der Waals surface area (Å²) >= 11 is 0. The number of amides is 4. The van der Waals surface area contributed by atoms with Gasteiger partial charge in [-0.2, -0.15) is 0 Å². The summed E-state index contributed by atoms with van der Waals surface area (Å²) in [4.78, 5) is 46.2. The van der Waals surface area contributed by atoms with E-state index in [0.29, 0.717) is 32.6 Å². The second-order valence-electron chi connectivity index (χ2n) is 9.92. The molecule has 7 nitrogen and oxygen atoms in total. The van der Waals surface area contributed by atoms with Crippen LogP contribution in [0.3, 0.4) is 0 Å². The molecule has 3 heterocycles. The predicted molar refractivity (Wildman–Crippen MR) is 118 cm³/mol. The first kappa shape index (κ1) is 21.7. The average molecular weight is 427 g/mol. The van der Waals surface area contributed by atoms with E-state index in [1.165, 1.54) is 5.56 Å². The topological polar surface area (TPSA) is 64.2 Å². The zero-order valence-electron chi connectivity index (χ0n) is 19.2. The maximum atomic E-state index is 13.3. The molecule has 168 valence electrons. The molecule has 0 bridgehead atoms. The van der Waals surface area contributed by atoms with Crippen LogP contribution in [0.4, 0.5) is 4.79 Å². The summed E-state index contributed by atoms with van der Waals surface area (Å²) in [6.07, 6.45) is 2.73. The van der Waals surface area contributed by atoms with Gasteiger partial charge in [0.05, 0.1) is 11.8 Å². The summed E-state index contributed by atoms with van der Waals surface area (Å²) in [6.45, 7) is 5.16. The van der Waals surface area contributed by atoms with Crippen LogP contribution in [0.1, 0.15) is 30.4 Å². The van der Waals surface area contributed by atoms with Gasteiger partial charge in [-0.25, -0.2) is 4.79 Å². The van der Waals surface area contributed by atoms with Crippen molar-refractivity contribution in [3.63, 3.8) is 0 Å². The normalized spacial score (nSPS) is 25.0. The maximum Gasteiger partial charge on any atom is 0.319 e. The number of nitrogens with zero attached hydrogens (tertiary/aromatic N) is 4. The first-order chi connectivity index (χ1) is 14.7. The Morgan fingerprint density at radius 3 is 2.16 bits per heavy atom. The number of piperidine rings is 1. The van der Waals surface area contributed by atoms with Gasteiger partial charge >= 0.3 is 6.03 Å². The van der Waals surface area contributed by atoms with Crippen LogP contribution >= 0.6 is 0 Å². The highest BCUT2D eigenvalue weighted by Gasteiger charge is 2.65. The van der Waals surface area contributed by atoms with E-state index in [4.69, 9.17) is 0 Å². The highest BCUT2D eigenvalue weighted by atomic mass is 16.2. The van der Waals surface area contributed by atoms with Gasteiger partial charge in [0, 0.05) is 59.3 Å². The van der Waals surface area contributed by atoms with Crippen LogP contribution in [-0.4, -0.2) is 91.3 Å². The van der Waals surface area contributed by atoms with E-state index < -0.39 is 5.41 Å². The summed E-state index contributed by atoms with van der Waals surface area (Å²) in [7, 11) is 5.38. The Hall–Kier alpha value is -2.57. The smallest absolute Gasteiger partial charge is 0.319 e. The molecule has 3 saturated heterocycles. The van der Waals surface area contributed by atoms with Gasteiger partial charge in [-0.3, -0.25) is 9.59 Å². The molecule has 1 aromatic rings. The Morgan fingerprint density at radius 1 is 0.968 bits per heavy atom. The maximum absolute atomic E-state index is 13.3. The van der Waals surface area contributed by atoms with E-state index in [1.54, 1.807) is 19.0 Å². The van der Waals surface area contributed by atoms with Crippen LogP contribution in [0.15, 0.2) is 24.3 Å². The van der Waals surface area contributed by atoms with Gasteiger partial charge in [-0.1, -0.05) is 29.8 Å². The van der Waals surface area contributed by atoms with Gasteiger partial charge in [-0.15, -0.1) is 0 Å². The van der Waals surface area contributed by atoms with Gasteiger partial charge in [0.25, 0.3) is 0 Å². The molecule has 0 radical (unpaired) electrons. The monoisotopic (exact) mass is 426 g/mol. The Labute approximate surface area is 185 Å². The van der Waals surface area contributed by atoms with E-state index >= 15 is 0 Å². The minimum Gasteiger partial charge on any atom is -0.345 e. The Balaban J connectivity index is 1.50. The van der Waals surface area contributed by atoms with Crippen molar-refractivity contribution >= 4 is 17.8 Å². The molecule has 0 unspecified atom stereocenters. The second-order valence-corrected chi connectivity index (χ2v) is 9.92. The minimum atomic E-state index is -0.514. The summed E-state index contributed by atoms with van der Waals surface area (Å²) < 4.78 is 0. The lowest BCUT2D eigenvalue weighted by atomic mass is 9.60. The lowest BCUT2D eigenvalue weighted by Gasteiger charge is -2.46. The van der Waals surface area contributed by atoms with Crippen LogP contribution in [0.2, 0.25) is 0 Å². The van der Waals surface area contributed by atoms with Gasteiger partial charge in [-0.05, 0) is 31.7 Å². The molecule has 0 saturated carbocycles. The minimum absolute atomic E-state index is 0.0310. The number of carbonyl (C=O) groups excluding carboxylic acids is 3. The number of fused-ring (bicyclic) bond motifs is 1. The molecular weight excluding hydrogens is 392 g/mol. The Kier molecular flexibility index (Phi) is 5.48. The van der Waals surface area contributed by atoms with Gasteiger partial charge < -0.3 is 19.6 Å². The molecule has 4 rings (SSSR count). The lowest BCUT2D eigenvalue weighted by Crippen LogP contribution is -2.53. The molecule has 3 aliphatic heterocycles. The molecule has 0 aromatic heterocycles. The van der Waals surface area contributed by atoms with Crippen molar-refractivity contribution in [2.24, 2.45) is 10.8 Å². The molecule has 7 heteroatoms. The van der Waals surface area contributed by atoms with E-state index in [9.17, 15) is 14.4 Å². The third kappa shape index (κ3) is 3.58. The third-order valence-corrected chi connectivity index (χ3v) is 7.80. The van der Waals surface area contributed by atoms with Gasteiger partial charge in [0.2, 0.25) is 11.8 Å². The largest absolute Gasteiger partial charge is 0.345 e. The lowest BCUT2D eigenvalue weighted by molar-refractivity contribution is -0.143. The molecule has 1 atom stereocenters. The number of hydrogen-bond donors (Lipinski definition) is 0. The highest BCUT2D eigenvalue weighted by molar-refractivity contribution is 5.88. The number of likely N-dealkylation sites (tertiary alicyclic amines) is 3. The van der Waals surface area contributed by atoms with Crippen LogP contribution in [0.5, 0.6) is 0 Å². The predicted octanol–water partition coefficient (Wildman–Crippen LogP) is 1.99. The molecule has 1 aromatic carbocycles. The summed E-state index contributed by atoms with van der Waals surface area (Å²) in [5.74, 6) is 0.308. The fourth-order valence-corrected chi connectivity index (χ4v) is 5.87. The zero-order valence-corrected chi connectivity index (χ0v) is 19.2. The van der Waals surface area contributed by atoms with Crippen molar-refractivity contribution in [3.8, 4) is 0 Å². The van der Waals surface area contributed by atoms with Crippen molar-refractivity contribution in [2.45, 2.75) is 32.6 Å². The van der Waals surface area contributed by atoms with Crippen LogP contribution in [0.25, 0.3) is 0 Å². The number of hydrogen-bond acceptors (Lipinski definition) is 3. The molecule has 2 spiro atoms. The fourth-order valence-electron chi connectivity index (χ4n) is 5.87. The van der Waals surface area contributed by atoms with Crippen molar-refractivity contribution < 1.29 is 14.4 Å². The first-order valence-corrected chi connectivity index (χ1v) is 11.2. The van der Waals surface area contributed by atoms with E-state index in [2.05, 4.69) is 0 Å². The van der Waals surface area contributed by atoms with E-state index in [-0.39, 0.29) is 23.3 Å². The summed E-state index contributed by atoms with van der Waals surface area (Å²) in [5.41, 5.74) is 1.45. The standard InChI is InChI=1S/C24H34N4O3/c1-18-5-7-19(8-6-18)15-20(29)27-13-9-23(10-14-27)16-28(22(31)25(2)3)17-24(23)11-12-26(4)21(24)30/h5-8H,9-17H2,1-4H3/t24-/m1/s1. The second kappa shape index (κ2) is 7.84. The molecular formula is C24H34N4O3. The van der Waals surface area contributed by atoms with Crippen molar-refractivity contribution in [3.05, 3.63) is 35.4 Å². The molecule has 0 N–H and O–H groups in total. The molecule has 31 heavy (non-hydrogen) atoms. The van der Waals surface area contributed by atoms with Gasteiger partial charge in [0.1, 0.15) is 0 Å². The van der Waals surface area contributed by atoms with Crippen LogP contribution < -0.4 is 0 Å². The van der Waals surface area contributed by atoms with Crippen LogP contribution in [0, 0.1) is 17.8 Å². The SMILES string of the molecule is Cc1ccc(CC(=O)N2CCC3(CC2)CN(C(=O)N(C)C)C[C@@]32CCN(C)C2=O)cc1. The number of aryl methyl sites for hydroxylation is 1. The molecule has 3 aliphatic rings. The molecule has 4 amide bonds. The Morgan fingerprint density at radius 2 is 1.61 bits per heavy atom. The van der Waals surface area contributed by atoms with E-state index in [0.717, 1.165) is 31.4 Å². The number of rotatable bonds is 2. The summed E-state index contributed by atoms with van der Waals surface area (Å²) in [6, 6.07) is 8.07. The zero-order chi connectivity index (χ0) is 22.4. The number of urea groups is 1. The van der Waals surface area contributed by atoms with Crippen LogP contribution in [-0.2, 0) is 16.0 Å². The average Bonchev–Trinajstić information content (AvgIpc) is 3.22. The molecule has 0 aliphatic carbocycles. The van der Waals surface area contributed by atoms with E-state index in [1.807, 2.05) is 52.9 Å². The Bertz CT molecular complexity index is 873. The van der Waals surface area contributed by atoms with Crippen molar-refractivity contribution in [2.75, 3.05) is 53.9 Å². The number of carbonyl (C=O) groups is 3. The highest BCUT2D eigenvalue weighted by Crippen LogP contribution is 2.57. The number of benzene rings is 1.